The highest BCUT2D eigenvalue weighted by atomic mass is 32.1. The molecule has 0 spiro atoms. The van der Waals surface area contributed by atoms with Gasteiger partial charge in [0.05, 0.1) is 16.7 Å². The minimum atomic E-state index is -0.296. The van der Waals surface area contributed by atoms with E-state index in [9.17, 15) is 5.11 Å². The highest BCUT2D eigenvalue weighted by molar-refractivity contribution is 7.11. The quantitative estimate of drug-likeness (QED) is 0.700. The van der Waals surface area contributed by atoms with Gasteiger partial charge in [0.2, 0.25) is 0 Å². The van der Waals surface area contributed by atoms with Gasteiger partial charge in [-0.25, -0.2) is 4.99 Å². The number of benzene rings is 2. The van der Waals surface area contributed by atoms with Crippen molar-refractivity contribution in [1.29, 1.82) is 0 Å². The fraction of sp³-hybridized carbons (Fsp3) is 0.174. The first-order chi connectivity index (χ1) is 13.8. The van der Waals surface area contributed by atoms with Crippen LogP contribution in [-0.4, -0.2) is 34.9 Å². The standard InChI is InChI=1S/C23H21N3OS/c27-17-12-13-26(15-17)23-22(20-11-6-14-28-20)25-21(16-7-2-1-3-8-16)18-9-4-5-10-19(18)24-23/h1-11,14,17,24,27H,12-13,15H2. The molecule has 1 fully saturated rings. The molecule has 0 aliphatic carbocycles. The van der Waals surface area contributed by atoms with Gasteiger partial charge in [0.15, 0.2) is 0 Å². The number of fused-ring (bicyclic) bond motifs is 1. The molecule has 3 aromatic rings. The fourth-order valence-corrected chi connectivity index (χ4v) is 4.50. The average Bonchev–Trinajstić information content (AvgIpc) is 3.38. The fourth-order valence-electron chi connectivity index (χ4n) is 3.79. The second-order valence-electron chi connectivity index (χ2n) is 7.06. The zero-order valence-corrected chi connectivity index (χ0v) is 16.2. The van der Waals surface area contributed by atoms with Gasteiger partial charge in [0.1, 0.15) is 11.5 Å². The van der Waals surface area contributed by atoms with Gasteiger partial charge < -0.3 is 15.3 Å². The molecule has 0 saturated carbocycles. The molecule has 1 unspecified atom stereocenters. The van der Waals surface area contributed by atoms with Gasteiger partial charge >= 0.3 is 0 Å². The van der Waals surface area contributed by atoms with E-state index in [1.54, 1.807) is 11.3 Å². The van der Waals surface area contributed by atoms with Gasteiger partial charge in [-0.3, -0.25) is 0 Å². The molecule has 1 atom stereocenters. The number of rotatable bonds is 3. The summed E-state index contributed by atoms with van der Waals surface area (Å²) < 4.78 is 0. The third kappa shape index (κ3) is 3.13. The van der Waals surface area contributed by atoms with E-state index in [2.05, 4.69) is 52.0 Å². The molecule has 5 heteroatoms. The Kier molecular flexibility index (Phi) is 4.47. The monoisotopic (exact) mass is 387 g/mol. The number of aliphatic imine (C=N–C) groups is 1. The number of aliphatic hydroxyl groups is 1. The number of anilines is 1. The van der Waals surface area contributed by atoms with Crippen LogP contribution >= 0.6 is 11.3 Å². The normalized spacial score (nSPS) is 19.1. The van der Waals surface area contributed by atoms with Crippen molar-refractivity contribution in [2.24, 2.45) is 4.99 Å². The predicted octanol–water partition coefficient (Wildman–Crippen LogP) is 4.40. The van der Waals surface area contributed by atoms with Crippen molar-refractivity contribution in [3.05, 3.63) is 93.9 Å². The summed E-state index contributed by atoms with van der Waals surface area (Å²) in [4.78, 5) is 8.53. The maximum Gasteiger partial charge on any atom is 0.134 e. The summed E-state index contributed by atoms with van der Waals surface area (Å²) >= 11 is 1.68. The number of nitrogens with one attached hydrogen (secondary N) is 1. The molecule has 2 aliphatic heterocycles. The Balaban J connectivity index is 1.75. The zero-order chi connectivity index (χ0) is 18.9. The van der Waals surface area contributed by atoms with E-state index < -0.39 is 0 Å². The first-order valence-electron chi connectivity index (χ1n) is 9.51. The largest absolute Gasteiger partial charge is 0.391 e. The van der Waals surface area contributed by atoms with Crippen LogP contribution in [0.25, 0.3) is 5.70 Å². The topological polar surface area (TPSA) is 47.9 Å². The van der Waals surface area contributed by atoms with E-state index in [1.807, 2.05) is 30.3 Å². The van der Waals surface area contributed by atoms with E-state index in [0.29, 0.717) is 6.54 Å². The van der Waals surface area contributed by atoms with Crippen LogP contribution in [0.2, 0.25) is 0 Å². The minimum absolute atomic E-state index is 0.296. The molecule has 1 aromatic heterocycles. The van der Waals surface area contributed by atoms with E-state index >= 15 is 0 Å². The lowest BCUT2D eigenvalue weighted by molar-refractivity contribution is 0.184. The van der Waals surface area contributed by atoms with Crippen LogP contribution < -0.4 is 5.32 Å². The summed E-state index contributed by atoms with van der Waals surface area (Å²) in [6, 6.07) is 22.8. The van der Waals surface area contributed by atoms with Crippen LogP contribution in [0.5, 0.6) is 0 Å². The Hall–Kier alpha value is -2.89. The molecule has 2 N–H and O–H groups in total. The Labute approximate surface area is 168 Å². The third-order valence-corrected chi connectivity index (χ3v) is 6.04. The van der Waals surface area contributed by atoms with Crippen molar-refractivity contribution in [2.45, 2.75) is 12.5 Å². The number of likely N-dealkylation sites (tertiary alicyclic amines) is 1. The average molecular weight is 388 g/mol. The van der Waals surface area contributed by atoms with Crippen LogP contribution in [0.1, 0.15) is 22.4 Å². The molecule has 0 radical (unpaired) electrons. The van der Waals surface area contributed by atoms with Gasteiger partial charge in [0, 0.05) is 29.9 Å². The van der Waals surface area contributed by atoms with E-state index in [0.717, 1.165) is 51.9 Å². The van der Waals surface area contributed by atoms with Crippen LogP contribution in [0, 0.1) is 0 Å². The molecule has 3 heterocycles. The van der Waals surface area contributed by atoms with Crippen molar-refractivity contribution in [1.82, 2.24) is 4.90 Å². The van der Waals surface area contributed by atoms with Gasteiger partial charge in [-0.1, -0.05) is 54.6 Å². The Morgan fingerprint density at radius 2 is 1.82 bits per heavy atom. The summed E-state index contributed by atoms with van der Waals surface area (Å²) in [6.07, 6.45) is 0.481. The van der Waals surface area contributed by atoms with E-state index in [1.165, 1.54) is 0 Å². The highest BCUT2D eigenvalue weighted by Gasteiger charge is 2.28. The summed E-state index contributed by atoms with van der Waals surface area (Å²) in [7, 11) is 0. The lowest BCUT2D eigenvalue weighted by Gasteiger charge is -2.24. The Morgan fingerprint density at radius 3 is 2.57 bits per heavy atom. The maximum absolute atomic E-state index is 10.1. The van der Waals surface area contributed by atoms with Crippen molar-refractivity contribution in [2.75, 3.05) is 18.4 Å². The molecule has 140 valence electrons. The molecule has 0 amide bonds. The molecule has 5 rings (SSSR count). The molecule has 28 heavy (non-hydrogen) atoms. The van der Waals surface area contributed by atoms with Gasteiger partial charge in [-0.05, 0) is 23.9 Å². The van der Waals surface area contributed by atoms with Crippen molar-refractivity contribution in [3.63, 3.8) is 0 Å². The van der Waals surface area contributed by atoms with Crippen molar-refractivity contribution in [3.8, 4) is 0 Å². The summed E-state index contributed by atoms with van der Waals surface area (Å²) in [5.41, 5.74) is 5.10. The molecule has 1 saturated heterocycles. The van der Waals surface area contributed by atoms with Gasteiger partial charge in [-0.15, -0.1) is 11.3 Å². The molecule has 4 nitrogen and oxygen atoms in total. The second kappa shape index (κ2) is 7.26. The molecular weight excluding hydrogens is 366 g/mol. The SMILES string of the molecule is OC1CCN(C2=C(c3cccs3)N=C(c3ccccc3)c3ccccc3N2)C1. The van der Waals surface area contributed by atoms with Gasteiger partial charge in [0.25, 0.3) is 0 Å². The molecular formula is C23H21N3OS. The Bertz CT molecular complexity index is 1040. The molecule has 0 bridgehead atoms. The number of aliphatic hydroxyl groups excluding tert-OH is 1. The van der Waals surface area contributed by atoms with Crippen LogP contribution in [0.3, 0.4) is 0 Å². The lowest BCUT2D eigenvalue weighted by Crippen LogP contribution is -2.27. The number of hydrogen-bond donors (Lipinski definition) is 2. The molecule has 2 aliphatic rings. The number of hydrogen-bond acceptors (Lipinski definition) is 5. The van der Waals surface area contributed by atoms with Crippen LogP contribution in [0.4, 0.5) is 5.69 Å². The highest BCUT2D eigenvalue weighted by Crippen LogP contribution is 2.35. The lowest BCUT2D eigenvalue weighted by atomic mass is 10.0. The van der Waals surface area contributed by atoms with Crippen LogP contribution in [-0.2, 0) is 0 Å². The predicted molar refractivity (Wildman–Crippen MR) is 116 cm³/mol. The van der Waals surface area contributed by atoms with Crippen molar-refractivity contribution < 1.29 is 5.11 Å². The Morgan fingerprint density at radius 1 is 1.00 bits per heavy atom. The van der Waals surface area contributed by atoms with E-state index in [4.69, 9.17) is 4.99 Å². The summed E-state index contributed by atoms with van der Waals surface area (Å²) in [5.74, 6) is 0.970. The summed E-state index contributed by atoms with van der Waals surface area (Å²) in [6.45, 7) is 1.44. The number of para-hydroxylation sites is 1. The number of nitrogens with zero attached hydrogens (tertiary/aromatic N) is 2. The van der Waals surface area contributed by atoms with Crippen LogP contribution in [0.15, 0.2) is 82.9 Å². The number of β-amino-alcohol motifs (C(OH)–C–C–N with tert-alkyl or cyclic N) is 1. The van der Waals surface area contributed by atoms with Gasteiger partial charge in [-0.2, -0.15) is 0 Å². The van der Waals surface area contributed by atoms with Crippen molar-refractivity contribution >= 4 is 28.4 Å². The second-order valence-corrected chi connectivity index (χ2v) is 8.01. The first kappa shape index (κ1) is 17.2. The summed E-state index contributed by atoms with van der Waals surface area (Å²) in [5, 5.41) is 15.8. The number of thiophene rings is 1. The maximum atomic E-state index is 10.1. The molecule has 2 aromatic carbocycles. The van der Waals surface area contributed by atoms with E-state index in [-0.39, 0.29) is 6.10 Å². The first-order valence-corrected chi connectivity index (χ1v) is 10.4. The minimum Gasteiger partial charge on any atom is -0.391 e. The third-order valence-electron chi connectivity index (χ3n) is 5.16. The smallest absolute Gasteiger partial charge is 0.134 e. The zero-order valence-electron chi connectivity index (χ0n) is 15.4.